The number of nitrogens with one attached hydrogen (secondary N) is 2. The Balaban J connectivity index is 0.00000288. The fourth-order valence-electron chi connectivity index (χ4n) is 2.59. The van der Waals surface area contributed by atoms with Crippen LogP contribution < -0.4 is 10.6 Å². The molecule has 2 N–H and O–H groups in total. The SMILES string of the molecule is Cc1noc(C)c1CN=C(NCC1CCS(=O)(=O)C1)NC(C)C.I. The molecule has 24 heavy (non-hydrogen) atoms. The highest BCUT2D eigenvalue weighted by atomic mass is 127. The molecule has 0 aromatic carbocycles. The molecule has 0 spiro atoms. The van der Waals surface area contributed by atoms with Crippen LogP contribution in [-0.2, 0) is 16.4 Å². The van der Waals surface area contributed by atoms with Gasteiger partial charge in [-0.1, -0.05) is 5.16 Å². The van der Waals surface area contributed by atoms with E-state index in [1.165, 1.54) is 0 Å². The number of rotatable bonds is 5. The van der Waals surface area contributed by atoms with Gasteiger partial charge in [0.25, 0.3) is 0 Å². The highest BCUT2D eigenvalue weighted by Crippen LogP contribution is 2.17. The van der Waals surface area contributed by atoms with Gasteiger partial charge in [0.05, 0.1) is 23.7 Å². The van der Waals surface area contributed by atoms with Crippen LogP contribution in [-0.4, -0.2) is 43.6 Å². The predicted molar refractivity (Wildman–Crippen MR) is 106 cm³/mol. The molecule has 1 aliphatic heterocycles. The second kappa shape index (κ2) is 9.02. The molecule has 1 saturated heterocycles. The number of hydrogen-bond acceptors (Lipinski definition) is 5. The van der Waals surface area contributed by atoms with E-state index in [9.17, 15) is 8.42 Å². The van der Waals surface area contributed by atoms with Gasteiger partial charge in [0, 0.05) is 18.2 Å². The fraction of sp³-hybridized carbons (Fsp3) is 0.733. The van der Waals surface area contributed by atoms with E-state index < -0.39 is 9.84 Å². The fourth-order valence-corrected chi connectivity index (χ4v) is 4.45. The molecule has 2 heterocycles. The summed E-state index contributed by atoms with van der Waals surface area (Å²) in [6, 6.07) is 0.234. The zero-order valence-electron chi connectivity index (χ0n) is 14.6. The van der Waals surface area contributed by atoms with Gasteiger partial charge in [-0.15, -0.1) is 24.0 Å². The van der Waals surface area contributed by atoms with Crippen molar-refractivity contribution in [1.29, 1.82) is 0 Å². The molecule has 1 atom stereocenters. The van der Waals surface area contributed by atoms with Crippen LogP contribution in [0, 0.1) is 19.8 Å². The molecule has 0 amide bonds. The molecular formula is C15H27IN4O3S. The third-order valence-electron chi connectivity index (χ3n) is 3.89. The third kappa shape index (κ3) is 6.23. The number of hydrogen-bond donors (Lipinski definition) is 2. The Hall–Kier alpha value is -0.840. The Bertz CT molecular complexity index is 651. The molecule has 0 saturated carbocycles. The quantitative estimate of drug-likeness (QED) is 0.387. The molecule has 0 radical (unpaired) electrons. The van der Waals surface area contributed by atoms with Crippen LogP contribution in [0.1, 0.15) is 37.3 Å². The van der Waals surface area contributed by atoms with Crippen LogP contribution >= 0.6 is 24.0 Å². The first kappa shape index (κ1) is 21.2. The molecule has 7 nitrogen and oxygen atoms in total. The monoisotopic (exact) mass is 470 g/mol. The van der Waals surface area contributed by atoms with E-state index in [0.717, 1.165) is 17.0 Å². The number of aliphatic imine (C=N–C) groups is 1. The van der Waals surface area contributed by atoms with E-state index >= 15 is 0 Å². The van der Waals surface area contributed by atoms with E-state index in [4.69, 9.17) is 4.52 Å². The Morgan fingerprint density at radius 2 is 2.12 bits per heavy atom. The van der Waals surface area contributed by atoms with Crippen LogP contribution in [0.5, 0.6) is 0 Å². The lowest BCUT2D eigenvalue weighted by Gasteiger charge is -2.17. The maximum Gasteiger partial charge on any atom is 0.191 e. The molecule has 2 rings (SSSR count). The van der Waals surface area contributed by atoms with Crippen molar-refractivity contribution in [2.45, 2.75) is 46.7 Å². The Morgan fingerprint density at radius 3 is 2.62 bits per heavy atom. The number of halogens is 1. The maximum atomic E-state index is 11.5. The Labute approximate surface area is 161 Å². The smallest absolute Gasteiger partial charge is 0.191 e. The zero-order chi connectivity index (χ0) is 17.0. The first-order valence-electron chi connectivity index (χ1n) is 7.94. The lowest BCUT2D eigenvalue weighted by Crippen LogP contribution is -2.43. The average Bonchev–Trinajstić information content (AvgIpc) is 2.96. The Morgan fingerprint density at radius 1 is 1.42 bits per heavy atom. The van der Waals surface area contributed by atoms with Gasteiger partial charge in [-0.25, -0.2) is 13.4 Å². The number of aryl methyl sites for hydroxylation is 2. The summed E-state index contributed by atoms with van der Waals surface area (Å²) in [4.78, 5) is 4.57. The molecule has 1 aliphatic rings. The van der Waals surface area contributed by atoms with Gasteiger partial charge < -0.3 is 15.2 Å². The highest BCUT2D eigenvalue weighted by Gasteiger charge is 2.27. The summed E-state index contributed by atoms with van der Waals surface area (Å²) in [7, 11) is -2.85. The largest absolute Gasteiger partial charge is 0.361 e. The molecule has 9 heteroatoms. The zero-order valence-corrected chi connectivity index (χ0v) is 17.8. The minimum absolute atomic E-state index is 0. The topological polar surface area (TPSA) is 96.6 Å². The van der Waals surface area contributed by atoms with Crippen molar-refractivity contribution in [2.75, 3.05) is 18.1 Å². The Kier molecular flexibility index (Phi) is 7.97. The highest BCUT2D eigenvalue weighted by molar-refractivity contribution is 14.0. The number of sulfone groups is 1. The second-order valence-electron chi connectivity index (χ2n) is 6.42. The van der Waals surface area contributed by atoms with Crippen molar-refractivity contribution < 1.29 is 12.9 Å². The molecule has 1 unspecified atom stereocenters. The standard InChI is InChI=1S/C15H26N4O3S.HI/c1-10(2)18-15(16-7-13-5-6-23(20,21)9-13)17-8-14-11(3)19-22-12(14)4;/h10,13H,5-9H2,1-4H3,(H2,16,17,18);1H. The first-order chi connectivity index (χ1) is 10.8. The summed E-state index contributed by atoms with van der Waals surface area (Å²) in [5.74, 6) is 2.17. The third-order valence-corrected chi connectivity index (χ3v) is 5.72. The van der Waals surface area contributed by atoms with Crippen molar-refractivity contribution in [3.63, 3.8) is 0 Å². The van der Waals surface area contributed by atoms with E-state index in [1.807, 2.05) is 27.7 Å². The van der Waals surface area contributed by atoms with Gasteiger partial charge >= 0.3 is 0 Å². The average molecular weight is 470 g/mol. The lowest BCUT2D eigenvalue weighted by molar-refractivity contribution is 0.392. The summed E-state index contributed by atoms with van der Waals surface area (Å²) < 4.78 is 28.2. The van der Waals surface area contributed by atoms with Crippen LogP contribution in [0.3, 0.4) is 0 Å². The second-order valence-corrected chi connectivity index (χ2v) is 8.65. The molecule has 1 aromatic heterocycles. The number of guanidine groups is 1. The van der Waals surface area contributed by atoms with Gasteiger partial charge in [0.1, 0.15) is 5.76 Å². The molecule has 138 valence electrons. The van der Waals surface area contributed by atoms with Crippen LogP contribution in [0.4, 0.5) is 0 Å². The van der Waals surface area contributed by atoms with Gasteiger partial charge in [-0.3, -0.25) is 0 Å². The summed E-state index contributed by atoms with van der Waals surface area (Å²) in [6.07, 6.45) is 0.716. The van der Waals surface area contributed by atoms with Crippen molar-refractivity contribution in [2.24, 2.45) is 10.9 Å². The van der Waals surface area contributed by atoms with Crippen LogP contribution in [0.2, 0.25) is 0 Å². The molecule has 1 fully saturated rings. The van der Waals surface area contributed by atoms with E-state index in [0.29, 0.717) is 31.2 Å². The number of nitrogens with zero attached hydrogens (tertiary/aromatic N) is 2. The summed E-state index contributed by atoms with van der Waals surface area (Å²) in [5, 5.41) is 10.4. The molecular weight excluding hydrogens is 443 g/mol. The number of aromatic nitrogens is 1. The summed E-state index contributed by atoms with van der Waals surface area (Å²) >= 11 is 0. The van der Waals surface area contributed by atoms with Crippen LogP contribution in [0.25, 0.3) is 0 Å². The summed E-state index contributed by atoms with van der Waals surface area (Å²) in [6.45, 7) is 8.93. The molecule has 0 bridgehead atoms. The first-order valence-corrected chi connectivity index (χ1v) is 9.76. The van der Waals surface area contributed by atoms with E-state index in [1.54, 1.807) is 0 Å². The van der Waals surface area contributed by atoms with Gasteiger partial charge in [0.15, 0.2) is 15.8 Å². The van der Waals surface area contributed by atoms with Crippen molar-refractivity contribution in [1.82, 2.24) is 15.8 Å². The van der Waals surface area contributed by atoms with Gasteiger partial charge in [-0.05, 0) is 40.0 Å². The lowest BCUT2D eigenvalue weighted by atomic mass is 10.1. The normalized spacial score (nSPS) is 20.0. The van der Waals surface area contributed by atoms with Crippen molar-refractivity contribution in [3.05, 3.63) is 17.0 Å². The minimum Gasteiger partial charge on any atom is -0.361 e. The molecule has 0 aliphatic carbocycles. The minimum atomic E-state index is -2.85. The molecule has 1 aromatic rings. The van der Waals surface area contributed by atoms with Gasteiger partial charge in [0.2, 0.25) is 0 Å². The predicted octanol–water partition coefficient (Wildman–Crippen LogP) is 1.79. The van der Waals surface area contributed by atoms with Crippen molar-refractivity contribution >= 4 is 39.8 Å². The maximum absolute atomic E-state index is 11.5. The summed E-state index contributed by atoms with van der Waals surface area (Å²) in [5.41, 5.74) is 1.83. The van der Waals surface area contributed by atoms with E-state index in [-0.39, 0.29) is 41.7 Å². The van der Waals surface area contributed by atoms with E-state index in [2.05, 4.69) is 20.8 Å². The van der Waals surface area contributed by atoms with Crippen LogP contribution in [0.15, 0.2) is 9.52 Å². The van der Waals surface area contributed by atoms with Crippen molar-refractivity contribution in [3.8, 4) is 0 Å². The van der Waals surface area contributed by atoms with Gasteiger partial charge in [-0.2, -0.15) is 0 Å².